The maximum absolute atomic E-state index is 13.1. The van der Waals surface area contributed by atoms with Crippen LogP contribution in [0.2, 0.25) is 0 Å². The van der Waals surface area contributed by atoms with Gasteiger partial charge in [-0.05, 0) is 75.5 Å². The van der Waals surface area contributed by atoms with Crippen molar-refractivity contribution in [3.8, 4) is 0 Å². The van der Waals surface area contributed by atoms with Crippen molar-refractivity contribution < 1.29 is 4.39 Å². The van der Waals surface area contributed by atoms with E-state index in [1.54, 1.807) is 12.1 Å². The zero-order valence-corrected chi connectivity index (χ0v) is 10.6. The molecular formula is C14H22FN. The molecule has 1 rings (SSSR count). The van der Waals surface area contributed by atoms with E-state index in [0.717, 1.165) is 24.1 Å². The molecule has 0 aliphatic rings. The molecule has 16 heavy (non-hydrogen) atoms. The molecule has 0 fully saturated rings. The van der Waals surface area contributed by atoms with Crippen LogP contribution in [0.25, 0.3) is 0 Å². The largest absolute Gasteiger partial charge is 0.320 e. The number of rotatable bonds is 6. The number of halogens is 1. The van der Waals surface area contributed by atoms with Crippen molar-refractivity contribution in [2.75, 3.05) is 13.6 Å². The highest BCUT2D eigenvalue weighted by Gasteiger charge is 2.04. The lowest BCUT2D eigenvalue weighted by atomic mass is 9.97. The maximum atomic E-state index is 13.1. The summed E-state index contributed by atoms with van der Waals surface area (Å²) in [5, 5.41) is 3.15. The van der Waals surface area contributed by atoms with Crippen LogP contribution in [0.4, 0.5) is 4.39 Å². The van der Waals surface area contributed by atoms with Crippen LogP contribution >= 0.6 is 0 Å². The van der Waals surface area contributed by atoms with Crippen molar-refractivity contribution in [3.63, 3.8) is 0 Å². The van der Waals surface area contributed by atoms with Crippen LogP contribution in [0.3, 0.4) is 0 Å². The molecule has 0 saturated carbocycles. The topological polar surface area (TPSA) is 12.0 Å². The second-order valence-corrected chi connectivity index (χ2v) is 4.43. The second-order valence-electron chi connectivity index (χ2n) is 4.43. The van der Waals surface area contributed by atoms with Gasteiger partial charge in [-0.15, -0.1) is 0 Å². The van der Waals surface area contributed by atoms with E-state index in [0.29, 0.717) is 0 Å². The van der Waals surface area contributed by atoms with Crippen LogP contribution < -0.4 is 5.32 Å². The van der Waals surface area contributed by atoms with Crippen molar-refractivity contribution in [1.29, 1.82) is 0 Å². The summed E-state index contributed by atoms with van der Waals surface area (Å²) in [4.78, 5) is 0. The van der Waals surface area contributed by atoms with Crippen LogP contribution in [0, 0.1) is 19.7 Å². The van der Waals surface area contributed by atoms with Crippen molar-refractivity contribution in [2.24, 2.45) is 0 Å². The Labute approximate surface area is 98.1 Å². The summed E-state index contributed by atoms with van der Waals surface area (Å²) in [5.74, 6) is -0.117. The Kier molecular flexibility index (Phi) is 5.47. The Morgan fingerprint density at radius 3 is 2.25 bits per heavy atom. The fourth-order valence-corrected chi connectivity index (χ4v) is 2.12. The van der Waals surface area contributed by atoms with Crippen molar-refractivity contribution in [3.05, 3.63) is 34.6 Å². The Morgan fingerprint density at radius 1 is 1.06 bits per heavy atom. The molecule has 0 unspecified atom stereocenters. The van der Waals surface area contributed by atoms with Crippen LogP contribution in [0.1, 0.15) is 36.0 Å². The van der Waals surface area contributed by atoms with E-state index in [1.165, 1.54) is 24.8 Å². The third kappa shape index (κ3) is 3.93. The molecule has 1 aromatic rings. The molecule has 1 N–H and O–H groups in total. The van der Waals surface area contributed by atoms with E-state index in [1.807, 2.05) is 20.9 Å². The summed E-state index contributed by atoms with van der Waals surface area (Å²) in [6.45, 7) is 5.08. The third-order valence-corrected chi connectivity index (χ3v) is 3.01. The molecule has 0 spiro atoms. The Balaban J connectivity index is 2.47. The molecule has 0 bridgehead atoms. The van der Waals surface area contributed by atoms with Gasteiger partial charge >= 0.3 is 0 Å². The van der Waals surface area contributed by atoms with E-state index in [-0.39, 0.29) is 5.82 Å². The monoisotopic (exact) mass is 223 g/mol. The average Bonchev–Trinajstić information content (AvgIpc) is 2.20. The first-order chi connectivity index (χ1) is 7.65. The zero-order valence-electron chi connectivity index (χ0n) is 10.6. The highest BCUT2D eigenvalue weighted by molar-refractivity contribution is 5.34. The third-order valence-electron chi connectivity index (χ3n) is 3.01. The average molecular weight is 223 g/mol. The first-order valence-electron chi connectivity index (χ1n) is 6.05. The summed E-state index contributed by atoms with van der Waals surface area (Å²) in [5.41, 5.74) is 3.50. The first-order valence-corrected chi connectivity index (χ1v) is 6.05. The van der Waals surface area contributed by atoms with Gasteiger partial charge in [-0.2, -0.15) is 0 Å². The predicted molar refractivity (Wildman–Crippen MR) is 67.4 cm³/mol. The zero-order chi connectivity index (χ0) is 12.0. The lowest BCUT2D eigenvalue weighted by Gasteiger charge is -2.10. The second kappa shape index (κ2) is 6.64. The number of aryl methyl sites for hydroxylation is 2. The van der Waals surface area contributed by atoms with E-state index >= 15 is 0 Å². The molecule has 0 aliphatic heterocycles. The molecule has 90 valence electrons. The lowest BCUT2D eigenvalue weighted by molar-refractivity contribution is 0.619. The maximum Gasteiger partial charge on any atom is 0.123 e. The van der Waals surface area contributed by atoms with Gasteiger partial charge in [0, 0.05) is 0 Å². The van der Waals surface area contributed by atoms with Crippen LogP contribution in [0.5, 0.6) is 0 Å². The molecular weight excluding hydrogens is 201 g/mol. The Hall–Kier alpha value is -0.890. The Bertz CT molecular complexity index is 311. The molecule has 0 aliphatic carbocycles. The van der Waals surface area contributed by atoms with Crippen LogP contribution in [-0.2, 0) is 6.42 Å². The van der Waals surface area contributed by atoms with Crippen molar-refractivity contribution in [2.45, 2.75) is 39.5 Å². The lowest BCUT2D eigenvalue weighted by Crippen LogP contribution is -2.07. The number of benzene rings is 1. The normalized spacial score (nSPS) is 10.8. The molecule has 0 radical (unpaired) electrons. The fraction of sp³-hybridized carbons (Fsp3) is 0.571. The minimum absolute atomic E-state index is 0.117. The molecule has 0 atom stereocenters. The van der Waals surface area contributed by atoms with E-state index in [2.05, 4.69) is 5.32 Å². The number of unbranched alkanes of at least 4 members (excludes halogenated alkanes) is 2. The van der Waals surface area contributed by atoms with Gasteiger partial charge in [-0.25, -0.2) is 4.39 Å². The van der Waals surface area contributed by atoms with Gasteiger partial charge in [0.2, 0.25) is 0 Å². The van der Waals surface area contributed by atoms with Crippen molar-refractivity contribution in [1.82, 2.24) is 5.32 Å². The van der Waals surface area contributed by atoms with E-state index in [9.17, 15) is 4.39 Å². The van der Waals surface area contributed by atoms with Gasteiger partial charge in [-0.3, -0.25) is 0 Å². The number of nitrogens with one attached hydrogen (secondary N) is 1. The van der Waals surface area contributed by atoms with E-state index in [4.69, 9.17) is 0 Å². The summed E-state index contributed by atoms with van der Waals surface area (Å²) in [7, 11) is 1.98. The molecule has 0 saturated heterocycles. The first kappa shape index (κ1) is 13.2. The van der Waals surface area contributed by atoms with Gasteiger partial charge in [0.1, 0.15) is 5.82 Å². The van der Waals surface area contributed by atoms with Gasteiger partial charge in [0.25, 0.3) is 0 Å². The molecule has 0 amide bonds. The minimum atomic E-state index is -0.117. The number of hydrogen-bond donors (Lipinski definition) is 1. The van der Waals surface area contributed by atoms with Gasteiger partial charge in [0.15, 0.2) is 0 Å². The standard InChI is InChI=1S/C14H22FN/c1-11-9-13(15)10-12(2)14(11)7-5-4-6-8-16-3/h9-10,16H,4-8H2,1-3H3. The highest BCUT2D eigenvalue weighted by atomic mass is 19.1. The van der Waals surface area contributed by atoms with Gasteiger partial charge in [-0.1, -0.05) is 6.42 Å². The minimum Gasteiger partial charge on any atom is -0.320 e. The Morgan fingerprint density at radius 2 is 1.69 bits per heavy atom. The summed E-state index contributed by atoms with van der Waals surface area (Å²) < 4.78 is 13.1. The molecule has 2 heteroatoms. The highest BCUT2D eigenvalue weighted by Crippen LogP contribution is 2.18. The van der Waals surface area contributed by atoms with Crippen molar-refractivity contribution >= 4 is 0 Å². The van der Waals surface area contributed by atoms with Gasteiger partial charge < -0.3 is 5.32 Å². The molecule has 0 heterocycles. The molecule has 1 nitrogen and oxygen atoms in total. The quantitative estimate of drug-likeness (QED) is 0.729. The van der Waals surface area contributed by atoms with E-state index < -0.39 is 0 Å². The SMILES string of the molecule is CNCCCCCc1c(C)cc(F)cc1C. The molecule has 1 aromatic carbocycles. The van der Waals surface area contributed by atoms with Gasteiger partial charge in [0.05, 0.1) is 0 Å². The predicted octanol–water partition coefficient (Wildman–Crippen LogP) is 3.37. The number of hydrogen-bond acceptors (Lipinski definition) is 1. The summed E-state index contributed by atoms with van der Waals surface area (Å²) in [6.07, 6.45) is 4.71. The summed E-state index contributed by atoms with van der Waals surface area (Å²) >= 11 is 0. The summed E-state index contributed by atoms with van der Waals surface area (Å²) in [6, 6.07) is 3.27. The van der Waals surface area contributed by atoms with Crippen LogP contribution in [-0.4, -0.2) is 13.6 Å². The van der Waals surface area contributed by atoms with Crippen LogP contribution in [0.15, 0.2) is 12.1 Å². The smallest absolute Gasteiger partial charge is 0.123 e. The molecule has 0 aromatic heterocycles. The fourth-order valence-electron chi connectivity index (χ4n) is 2.12.